The highest BCUT2D eigenvalue weighted by molar-refractivity contribution is 5.96. The zero-order chi connectivity index (χ0) is 19.6. The van der Waals surface area contributed by atoms with Gasteiger partial charge >= 0.3 is 5.97 Å². The van der Waals surface area contributed by atoms with Gasteiger partial charge < -0.3 is 19.5 Å². The van der Waals surface area contributed by atoms with Gasteiger partial charge in [-0.05, 0) is 49.8 Å². The van der Waals surface area contributed by atoms with E-state index in [0.717, 1.165) is 11.3 Å². The molecule has 1 atom stereocenters. The number of nitrogens with one attached hydrogen (secondary N) is 1. The summed E-state index contributed by atoms with van der Waals surface area (Å²) in [4.78, 5) is 24.1. The fourth-order valence-corrected chi connectivity index (χ4v) is 2.22. The molecule has 0 spiro atoms. The van der Waals surface area contributed by atoms with Crippen molar-refractivity contribution < 1.29 is 23.8 Å². The van der Waals surface area contributed by atoms with Gasteiger partial charge in [-0.2, -0.15) is 0 Å². The molecule has 0 aromatic heterocycles. The van der Waals surface area contributed by atoms with Crippen LogP contribution >= 0.6 is 0 Å². The SMILES string of the molecule is CCOc1ccc(/C=C/C(=O)O[C@H](C)C(=O)Nc2cccc(OC)c2)cc1. The Morgan fingerprint density at radius 3 is 2.52 bits per heavy atom. The molecule has 0 unspecified atom stereocenters. The van der Waals surface area contributed by atoms with Crippen LogP contribution in [0.5, 0.6) is 11.5 Å². The number of carbonyl (C=O) groups is 2. The maximum atomic E-state index is 12.2. The molecule has 1 amide bonds. The number of esters is 1. The summed E-state index contributed by atoms with van der Waals surface area (Å²) in [5, 5.41) is 2.68. The standard InChI is InChI=1S/C21H23NO5/c1-4-26-18-11-8-16(9-12-18)10-13-20(23)27-15(2)21(24)22-17-6-5-7-19(14-17)25-3/h5-15H,4H2,1-3H3,(H,22,24)/b13-10+/t15-/m1/s1. The van der Waals surface area contributed by atoms with E-state index >= 15 is 0 Å². The van der Waals surface area contributed by atoms with Gasteiger partial charge in [0.1, 0.15) is 11.5 Å². The number of ether oxygens (including phenoxy) is 3. The van der Waals surface area contributed by atoms with Crippen molar-refractivity contribution in [2.24, 2.45) is 0 Å². The zero-order valence-electron chi connectivity index (χ0n) is 15.6. The highest BCUT2D eigenvalue weighted by Gasteiger charge is 2.16. The summed E-state index contributed by atoms with van der Waals surface area (Å²) in [7, 11) is 1.54. The summed E-state index contributed by atoms with van der Waals surface area (Å²) in [5.74, 6) is 0.360. The van der Waals surface area contributed by atoms with Crippen LogP contribution in [0.2, 0.25) is 0 Å². The van der Waals surface area contributed by atoms with Gasteiger partial charge in [-0.15, -0.1) is 0 Å². The van der Waals surface area contributed by atoms with Gasteiger partial charge in [0.2, 0.25) is 0 Å². The first kappa shape index (κ1) is 20.0. The molecule has 2 rings (SSSR count). The molecule has 0 radical (unpaired) electrons. The molecule has 0 saturated carbocycles. The Hall–Kier alpha value is -3.28. The van der Waals surface area contributed by atoms with Crippen LogP contribution in [0.3, 0.4) is 0 Å². The minimum atomic E-state index is -0.936. The number of methoxy groups -OCH3 is 1. The monoisotopic (exact) mass is 369 g/mol. The van der Waals surface area contributed by atoms with Crippen LogP contribution in [-0.4, -0.2) is 31.7 Å². The van der Waals surface area contributed by atoms with Crippen molar-refractivity contribution >= 4 is 23.6 Å². The molecule has 142 valence electrons. The number of hydrogen-bond acceptors (Lipinski definition) is 5. The molecular weight excluding hydrogens is 346 g/mol. The third-order valence-electron chi connectivity index (χ3n) is 3.60. The number of anilines is 1. The predicted octanol–water partition coefficient (Wildman–Crippen LogP) is 3.68. The van der Waals surface area contributed by atoms with Crippen molar-refractivity contribution in [2.75, 3.05) is 19.0 Å². The second kappa shape index (κ2) is 10.0. The Morgan fingerprint density at radius 2 is 1.85 bits per heavy atom. The number of rotatable bonds is 8. The van der Waals surface area contributed by atoms with E-state index in [1.807, 2.05) is 31.2 Å². The molecule has 2 aromatic carbocycles. The van der Waals surface area contributed by atoms with Gasteiger partial charge in [0, 0.05) is 17.8 Å². The lowest BCUT2D eigenvalue weighted by Crippen LogP contribution is -2.29. The third-order valence-corrected chi connectivity index (χ3v) is 3.60. The van der Waals surface area contributed by atoms with Crippen molar-refractivity contribution in [1.29, 1.82) is 0 Å². The van der Waals surface area contributed by atoms with Gasteiger partial charge in [-0.1, -0.05) is 18.2 Å². The molecular formula is C21H23NO5. The minimum absolute atomic E-state index is 0.425. The fraction of sp³-hybridized carbons (Fsp3) is 0.238. The summed E-state index contributed by atoms with van der Waals surface area (Å²) in [6.07, 6.45) is 1.96. The molecule has 0 fully saturated rings. The van der Waals surface area contributed by atoms with Crippen LogP contribution < -0.4 is 14.8 Å². The Balaban J connectivity index is 1.87. The van der Waals surface area contributed by atoms with E-state index in [1.165, 1.54) is 13.0 Å². The van der Waals surface area contributed by atoms with E-state index in [4.69, 9.17) is 14.2 Å². The van der Waals surface area contributed by atoms with Crippen molar-refractivity contribution in [3.63, 3.8) is 0 Å². The molecule has 0 aliphatic carbocycles. The van der Waals surface area contributed by atoms with Crippen molar-refractivity contribution in [1.82, 2.24) is 0 Å². The van der Waals surface area contributed by atoms with Gasteiger partial charge in [-0.25, -0.2) is 4.79 Å². The van der Waals surface area contributed by atoms with Crippen LogP contribution in [0.1, 0.15) is 19.4 Å². The van der Waals surface area contributed by atoms with E-state index in [0.29, 0.717) is 18.0 Å². The van der Waals surface area contributed by atoms with E-state index in [-0.39, 0.29) is 0 Å². The summed E-state index contributed by atoms with van der Waals surface area (Å²) in [5.41, 5.74) is 1.39. The summed E-state index contributed by atoms with van der Waals surface area (Å²) in [6.45, 7) is 4.02. The first-order valence-corrected chi connectivity index (χ1v) is 8.58. The molecule has 0 aliphatic heterocycles. The average Bonchev–Trinajstić information content (AvgIpc) is 2.67. The molecule has 27 heavy (non-hydrogen) atoms. The quantitative estimate of drug-likeness (QED) is 0.568. The highest BCUT2D eigenvalue weighted by atomic mass is 16.5. The van der Waals surface area contributed by atoms with Crippen LogP contribution in [0.15, 0.2) is 54.6 Å². The largest absolute Gasteiger partial charge is 0.497 e. The number of amides is 1. The average molecular weight is 369 g/mol. The van der Waals surface area contributed by atoms with Crippen molar-refractivity contribution in [3.05, 3.63) is 60.2 Å². The number of carbonyl (C=O) groups excluding carboxylic acids is 2. The van der Waals surface area contributed by atoms with Gasteiger partial charge in [0.15, 0.2) is 6.10 Å². The number of hydrogen-bond donors (Lipinski definition) is 1. The third kappa shape index (κ3) is 6.51. The van der Waals surface area contributed by atoms with E-state index in [9.17, 15) is 9.59 Å². The van der Waals surface area contributed by atoms with Gasteiger partial charge in [0.05, 0.1) is 13.7 Å². The summed E-state index contributed by atoms with van der Waals surface area (Å²) in [6, 6.07) is 14.2. The predicted molar refractivity (Wildman–Crippen MR) is 104 cm³/mol. The van der Waals surface area contributed by atoms with E-state index in [2.05, 4.69) is 5.32 Å². The first-order valence-electron chi connectivity index (χ1n) is 8.58. The van der Waals surface area contributed by atoms with Crippen LogP contribution in [0.4, 0.5) is 5.69 Å². The van der Waals surface area contributed by atoms with E-state index < -0.39 is 18.0 Å². The Bertz CT molecular complexity index is 798. The molecule has 0 heterocycles. The molecule has 0 bridgehead atoms. The highest BCUT2D eigenvalue weighted by Crippen LogP contribution is 2.17. The van der Waals surface area contributed by atoms with Gasteiger partial charge in [0.25, 0.3) is 5.91 Å². The summed E-state index contributed by atoms with van der Waals surface area (Å²) >= 11 is 0. The minimum Gasteiger partial charge on any atom is -0.497 e. The normalized spacial score (nSPS) is 11.7. The van der Waals surface area contributed by atoms with Crippen LogP contribution in [0, 0.1) is 0 Å². The second-order valence-electron chi connectivity index (χ2n) is 5.64. The van der Waals surface area contributed by atoms with E-state index in [1.54, 1.807) is 37.5 Å². The maximum absolute atomic E-state index is 12.2. The van der Waals surface area contributed by atoms with Crippen LogP contribution in [-0.2, 0) is 14.3 Å². The lowest BCUT2D eigenvalue weighted by atomic mass is 10.2. The van der Waals surface area contributed by atoms with Crippen molar-refractivity contribution in [2.45, 2.75) is 20.0 Å². The Labute approximate surface area is 158 Å². The maximum Gasteiger partial charge on any atom is 0.331 e. The van der Waals surface area contributed by atoms with Crippen LogP contribution in [0.25, 0.3) is 6.08 Å². The lowest BCUT2D eigenvalue weighted by Gasteiger charge is -2.13. The smallest absolute Gasteiger partial charge is 0.331 e. The Kier molecular flexibility index (Phi) is 7.43. The zero-order valence-corrected chi connectivity index (χ0v) is 15.6. The molecule has 2 aromatic rings. The Morgan fingerprint density at radius 1 is 1.11 bits per heavy atom. The number of benzene rings is 2. The molecule has 6 heteroatoms. The topological polar surface area (TPSA) is 73.9 Å². The fourth-order valence-electron chi connectivity index (χ4n) is 2.22. The van der Waals surface area contributed by atoms with Crippen molar-refractivity contribution in [3.8, 4) is 11.5 Å². The molecule has 0 saturated heterocycles. The lowest BCUT2D eigenvalue weighted by molar-refractivity contribution is -0.148. The first-order chi connectivity index (χ1) is 13.0. The molecule has 0 aliphatic rings. The molecule has 1 N–H and O–H groups in total. The van der Waals surface area contributed by atoms with Gasteiger partial charge in [-0.3, -0.25) is 4.79 Å². The summed E-state index contributed by atoms with van der Waals surface area (Å²) < 4.78 is 15.6. The second-order valence-corrected chi connectivity index (χ2v) is 5.64. The molecule has 6 nitrogen and oxygen atoms in total.